The van der Waals surface area contributed by atoms with Crippen LogP contribution in [0.2, 0.25) is 0 Å². The fraction of sp³-hybridized carbons (Fsp3) is 0.579. The quantitative estimate of drug-likeness (QED) is 0.868. The zero-order valence-electron chi connectivity index (χ0n) is 14.7. The van der Waals surface area contributed by atoms with E-state index in [1.54, 1.807) is 29.2 Å². The highest BCUT2D eigenvalue weighted by Gasteiger charge is 2.31. The molecule has 2 rings (SSSR count). The highest BCUT2D eigenvalue weighted by atomic mass is 16.3. The largest absolute Gasteiger partial charge is 0.378 e. The zero-order valence-corrected chi connectivity index (χ0v) is 14.7. The van der Waals surface area contributed by atoms with Gasteiger partial charge in [0.2, 0.25) is 5.91 Å². The SMILES string of the molecule is CC(C)C(C)NC(=O)C1CCN(C(=O)C(O)c2ccccc2)CC1. The van der Waals surface area contributed by atoms with Gasteiger partial charge in [0.05, 0.1) is 0 Å². The van der Waals surface area contributed by atoms with Gasteiger partial charge in [0.15, 0.2) is 6.10 Å². The molecule has 5 heteroatoms. The van der Waals surface area contributed by atoms with Gasteiger partial charge >= 0.3 is 0 Å². The van der Waals surface area contributed by atoms with Crippen LogP contribution in [0.1, 0.15) is 45.3 Å². The van der Waals surface area contributed by atoms with E-state index in [1.165, 1.54) is 0 Å². The molecule has 1 aliphatic rings. The summed E-state index contributed by atoms with van der Waals surface area (Å²) in [6, 6.07) is 9.10. The Morgan fingerprint density at radius 2 is 1.71 bits per heavy atom. The maximum absolute atomic E-state index is 12.4. The molecular formula is C19H28N2O3. The molecule has 132 valence electrons. The van der Waals surface area contributed by atoms with Crippen LogP contribution in [0.5, 0.6) is 0 Å². The van der Waals surface area contributed by atoms with Crippen molar-refractivity contribution >= 4 is 11.8 Å². The van der Waals surface area contributed by atoms with E-state index in [4.69, 9.17) is 0 Å². The van der Waals surface area contributed by atoms with Crippen LogP contribution in [0, 0.1) is 11.8 Å². The Morgan fingerprint density at radius 1 is 1.12 bits per heavy atom. The van der Waals surface area contributed by atoms with Crippen molar-refractivity contribution in [1.29, 1.82) is 0 Å². The normalized spacial score (nSPS) is 18.3. The van der Waals surface area contributed by atoms with Crippen LogP contribution >= 0.6 is 0 Å². The molecule has 1 aliphatic heterocycles. The van der Waals surface area contributed by atoms with Gasteiger partial charge in [-0.05, 0) is 31.2 Å². The Kier molecular flexibility index (Phi) is 6.37. The number of hydrogen-bond donors (Lipinski definition) is 2. The summed E-state index contributed by atoms with van der Waals surface area (Å²) in [6.07, 6.45) is 0.158. The minimum atomic E-state index is -1.13. The highest BCUT2D eigenvalue weighted by molar-refractivity contribution is 5.83. The van der Waals surface area contributed by atoms with Gasteiger partial charge < -0.3 is 15.3 Å². The standard InChI is InChI=1S/C19H28N2O3/c1-13(2)14(3)20-18(23)16-9-11-21(12-10-16)19(24)17(22)15-7-5-4-6-8-15/h4-8,13-14,16-17,22H,9-12H2,1-3H3,(H,20,23). The van der Waals surface area contributed by atoms with Crippen molar-refractivity contribution in [2.75, 3.05) is 13.1 Å². The summed E-state index contributed by atoms with van der Waals surface area (Å²) in [5.41, 5.74) is 0.605. The Labute approximate surface area is 144 Å². The van der Waals surface area contributed by atoms with Gasteiger partial charge in [0.25, 0.3) is 5.91 Å². The van der Waals surface area contributed by atoms with E-state index >= 15 is 0 Å². The summed E-state index contributed by atoms with van der Waals surface area (Å²) in [7, 11) is 0. The predicted octanol–water partition coefficient (Wildman–Crippen LogP) is 2.12. The number of nitrogens with zero attached hydrogens (tertiary/aromatic N) is 1. The molecule has 1 fully saturated rings. The maximum atomic E-state index is 12.4. The molecule has 0 spiro atoms. The Bertz CT molecular complexity index is 551. The summed E-state index contributed by atoms with van der Waals surface area (Å²) >= 11 is 0. The van der Waals surface area contributed by atoms with Gasteiger partial charge in [-0.25, -0.2) is 0 Å². The van der Waals surface area contributed by atoms with Crippen molar-refractivity contribution in [3.8, 4) is 0 Å². The topological polar surface area (TPSA) is 69.6 Å². The van der Waals surface area contributed by atoms with E-state index in [-0.39, 0.29) is 23.8 Å². The molecule has 0 aliphatic carbocycles. The lowest BCUT2D eigenvalue weighted by molar-refractivity contribution is -0.143. The van der Waals surface area contributed by atoms with E-state index in [0.717, 1.165) is 0 Å². The summed E-state index contributed by atoms with van der Waals surface area (Å²) < 4.78 is 0. The minimum Gasteiger partial charge on any atom is -0.378 e. The van der Waals surface area contributed by atoms with Gasteiger partial charge in [-0.3, -0.25) is 9.59 Å². The molecule has 1 saturated heterocycles. The van der Waals surface area contributed by atoms with Crippen LogP contribution in [0.15, 0.2) is 30.3 Å². The smallest absolute Gasteiger partial charge is 0.256 e. The Morgan fingerprint density at radius 3 is 2.25 bits per heavy atom. The highest BCUT2D eigenvalue weighted by Crippen LogP contribution is 2.22. The fourth-order valence-electron chi connectivity index (χ4n) is 2.82. The molecule has 0 saturated carbocycles. The van der Waals surface area contributed by atoms with Crippen LogP contribution in [0.3, 0.4) is 0 Å². The van der Waals surface area contributed by atoms with E-state index < -0.39 is 6.10 Å². The fourth-order valence-corrected chi connectivity index (χ4v) is 2.82. The van der Waals surface area contributed by atoms with Crippen LogP contribution in [-0.4, -0.2) is 41.0 Å². The third-order valence-corrected chi connectivity index (χ3v) is 4.90. The molecule has 2 amide bonds. The molecule has 24 heavy (non-hydrogen) atoms. The second-order valence-electron chi connectivity index (χ2n) is 6.95. The van der Waals surface area contributed by atoms with Crippen molar-refractivity contribution in [2.24, 2.45) is 11.8 Å². The third kappa shape index (κ3) is 4.57. The lowest BCUT2D eigenvalue weighted by Crippen LogP contribution is -2.46. The van der Waals surface area contributed by atoms with Crippen molar-refractivity contribution < 1.29 is 14.7 Å². The number of carbonyl (C=O) groups is 2. The van der Waals surface area contributed by atoms with Crippen LogP contribution in [0.4, 0.5) is 0 Å². The first kappa shape index (κ1) is 18.5. The van der Waals surface area contributed by atoms with Gasteiger partial charge in [0, 0.05) is 25.0 Å². The number of rotatable bonds is 5. The lowest BCUT2D eigenvalue weighted by Gasteiger charge is -2.33. The van der Waals surface area contributed by atoms with Crippen molar-refractivity contribution in [2.45, 2.75) is 45.8 Å². The Balaban J connectivity index is 1.86. The molecule has 5 nitrogen and oxygen atoms in total. The second kappa shape index (κ2) is 8.29. The molecule has 2 N–H and O–H groups in total. The van der Waals surface area contributed by atoms with E-state index in [1.807, 2.05) is 13.0 Å². The first-order valence-electron chi connectivity index (χ1n) is 8.72. The maximum Gasteiger partial charge on any atom is 0.256 e. The number of nitrogens with one attached hydrogen (secondary N) is 1. The van der Waals surface area contributed by atoms with Crippen LogP contribution in [0.25, 0.3) is 0 Å². The summed E-state index contributed by atoms with van der Waals surface area (Å²) in [4.78, 5) is 26.4. The monoisotopic (exact) mass is 332 g/mol. The molecule has 1 aromatic rings. The number of hydrogen-bond acceptors (Lipinski definition) is 3. The Hall–Kier alpha value is -1.88. The van der Waals surface area contributed by atoms with Crippen molar-refractivity contribution in [1.82, 2.24) is 10.2 Å². The van der Waals surface area contributed by atoms with Gasteiger partial charge in [-0.15, -0.1) is 0 Å². The molecule has 0 radical (unpaired) electrons. The van der Waals surface area contributed by atoms with Crippen molar-refractivity contribution in [3.63, 3.8) is 0 Å². The average Bonchev–Trinajstić information content (AvgIpc) is 2.61. The molecule has 2 unspecified atom stereocenters. The molecule has 1 heterocycles. The average molecular weight is 332 g/mol. The molecule has 0 aromatic heterocycles. The zero-order chi connectivity index (χ0) is 17.7. The van der Waals surface area contributed by atoms with Gasteiger partial charge in [-0.1, -0.05) is 44.2 Å². The lowest BCUT2D eigenvalue weighted by atomic mass is 9.94. The van der Waals surface area contributed by atoms with Gasteiger partial charge in [-0.2, -0.15) is 0 Å². The number of likely N-dealkylation sites (tertiary alicyclic amines) is 1. The van der Waals surface area contributed by atoms with Crippen molar-refractivity contribution in [3.05, 3.63) is 35.9 Å². The van der Waals surface area contributed by atoms with Crippen LogP contribution < -0.4 is 5.32 Å². The molecular weight excluding hydrogens is 304 g/mol. The summed E-state index contributed by atoms with van der Waals surface area (Å²) in [5.74, 6) is 0.142. The number of aliphatic hydroxyl groups is 1. The number of piperidine rings is 1. The van der Waals surface area contributed by atoms with E-state index in [2.05, 4.69) is 19.2 Å². The number of carbonyl (C=O) groups excluding carboxylic acids is 2. The molecule has 2 atom stereocenters. The third-order valence-electron chi connectivity index (χ3n) is 4.90. The number of aliphatic hydroxyl groups excluding tert-OH is 1. The van der Waals surface area contributed by atoms with Gasteiger partial charge in [0.1, 0.15) is 0 Å². The second-order valence-corrected chi connectivity index (χ2v) is 6.95. The number of benzene rings is 1. The van der Waals surface area contributed by atoms with Crippen LogP contribution in [-0.2, 0) is 9.59 Å². The molecule has 1 aromatic carbocycles. The first-order chi connectivity index (χ1) is 11.4. The van der Waals surface area contributed by atoms with E-state index in [0.29, 0.717) is 37.4 Å². The summed E-state index contributed by atoms with van der Waals surface area (Å²) in [5, 5.41) is 13.3. The van der Waals surface area contributed by atoms with E-state index in [9.17, 15) is 14.7 Å². The minimum absolute atomic E-state index is 0.0517. The summed E-state index contributed by atoms with van der Waals surface area (Å²) in [6.45, 7) is 7.19. The predicted molar refractivity (Wildman–Crippen MR) is 93.1 cm³/mol. The first-order valence-corrected chi connectivity index (χ1v) is 8.72. The molecule has 0 bridgehead atoms. The number of amides is 2.